The van der Waals surface area contributed by atoms with E-state index in [1.807, 2.05) is 0 Å². The fourth-order valence-corrected chi connectivity index (χ4v) is 2.81. The zero-order valence-corrected chi connectivity index (χ0v) is 10.5. The summed E-state index contributed by atoms with van der Waals surface area (Å²) >= 11 is 0. The molecule has 0 aromatic carbocycles. The number of aliphatic hydroxyl groups excluding tert-OH is 2. The van der Waals surface area contributed by atoms with Crippen LogP contribution in [0, 0.1) is 5.92 Å². The van der Waals surface area contributed by atoms with Crippen LogP contribution in [0.2, 0.25) is 0 Å². The molecule has 20 heavy (non-hydrogen) atoms. The largest absolute Gasteiger partial charge is 0.390 e. The number of anilines is 1. The van der Waals surface area contributed by atoms with E-state index in [0.717, 1.165) is 0 Å². The highest BCUT2D eigenvalue weighted by molar-refractivity contribution is 5.84. The van der Waals surface area contributed by atoms with Gasteiger partial charge in [-0.2, -0.15) is 0 Å². The lowest BCUT2D eigenvalue weighted by Crippen LogP contribution is -2.35. The molecule has 1 fully saturated rings. The van der Waals surface area contributed by atoms with Crippen LogP contribution < -0.4 is 11.5 Å². The third kappa shape index (κ3) is 1.73. The fourth-order valence-electron chi connectivity index (χ4n) is 2.81. The number of pyridine rings is 1. The van der Waals surface area contributed by atoms with Crippen LogP contribution in [0.5, 0.6) is 0 Å². The highest BCUT2D eigenvalue weighted by atomic mass is 16.3. The van der Waals surface area contributed by atoms with Crippen molar-refractivity contribution in [2.24, 2.45) is 11.7 Å². The van der Waals surface area contributed by atoms with Gasteiger partial charge in [0.1, 0.15) is 11.6 Å². The van der Waals surface area contributed by atoms with Gasteiger partial charge in [-0.05, 0) is 12.5 Å². The number of nitrogen functional groups attached to an aromatic ring is 1. The molecular weight excluding hydrogens is 262 g/mol. The van der Waals surface area contributed by atoms with Crippen molar-refractivity contribution in [3.63, 3.8) is 0 Å². The molecular formula is C12H15N5O3. The van der Waals surface area contributed by atoms with E-state index in [4.69, 9.17) is 11.5 Å². The van der Waals surface area contributed by atoms with E-state index in [-0.39, 0.29) is 6.42 Å². The van der Waals surface area contributed by atoms with Crippen molar-refractivity contribution in [1.82, 2.24) is 14.5 Å². The van der Waals surface area contributed by atoms with Crippen LogP contribution in [0.1, 0.15) is 12.5 Å². The van der Waals surface area contributed by atoms with Crippen LogP contribution in [-0.4, -0.2) is 42.9 Å². The lowest BCUT2D eigenvalue weighted by molar-refractivity contribution is -0.125. The Morgan fingerprint density at radius 3 is 2.75 bits per heavy atom. The molecule has 4 atom stereocenters. The summed E-state index contributed by atoms with van der Waals surface area (Å²) in [6.07, 6.45) is 1.06. The standard InChI is InChI=1S/C12H15N5O3/c13-11-8-6(1-2-15-11)17(4-16-8)7-3-5(12(14)20)9(18)10(7)19/h1-2,4-5,7,9-10,18-19H,3H2,(H2,13,15)(H2,14,20)/t5-,7+,9+,10-/m1/s1. The van der Waals surface area contributed by atoms with Crippen molar-refractivity contribution in [2.45, 2.75) is 24.7 Å². The van der Waals surface area contributed by atoms with Crippen molar-refractivity contribution in [2.75, 3.05) is 5.73 Å². The Bertz CT molecular complexity index is 670. The summed E-state index contributed by atoms with van der Waals surface area (Å²) in [6, 6.07) is 1.24. The number of carbonyl (C=O) groups is 1. The molecule has 0 unspecified atom stereocenters. The van der Waals surface area contributed by atoms with E-state index in [9.17, 15) is 15.0 Å². The first-order valence-electron chi connectivity index (χ1n) is 6.23. The van der Waals surface area contributed by atoms with E-state index in [1.165, 1.54) is 6.33 Å². The molecule has 2 aromatic heterocycles. The summed E-state index contributed by atoms with van der Waals surface area (Å²) in [4.78, 5) is 19.4. The normalized spacial score (nSPS) is 29.9. The smallest absolute Gasteiger partial charge is 0.223 e. The third-order valence-electron chi connectivity index (χ3n) is 3.90. The van der Waals surface area contributed by atoms with Gasteiger partial charge >= 0.3 is 0 Å². The third-order valence-corrected chi connectivity index (χ3v) is 3.90. The first-order chi connectivity index (χ1) is 9.50. The predicted molar refractivity (Wildman–Crippen MR) is 70.3 cm³/mol. The predicted octanol–water partition coefficient (Wildman–Crippen LogP) is -1.22. The van der Waals surface area contributed by atoms with Crippen molar-refractivity contribution < 1.29 is 15.0 Å². The summed E-state index contributed by atoms with van der Waals surface area (Å²) < 4.78 is 1.70. The Labute approximate surface area is 114 Å². The number of carbonyl (C=O) groups excluding carboxylic acids is 1. The summed E-state index contributed by atoms with van der Waals surface area (Å²) in [5, 5.41) is 20.0. The van der Waals surface area contributed by atoms with Gasteiger partial charge in [-0.25, -0.2) is 9.97 Å². The average molecular weight is 277 g/mol. The molecule has 1 amide bonds. The van der Waals surface area contributed by atoms with Crippen LogP contribution in [0.15, 0.2) is 18.6 Å². The SMILES string of the molecule is NC(=O)[C@@H]1C[C@H](n2cnc3c(N)nccc32)[C@@H](O)[C@H]1O. The molecule has 1 aliphatic rings. The van der Waals surface area contributed by atoms with E-state index in [1.54, 1.807) is 16.8 Å². The molecule has 0 spiro atoms. The first kappa shape index (κ1) is 12.8. The number of hydrogen-bond acceptors (Lipinski definition) is 6. The second kappa shape index (κ2) is 4.43. The Morgan fingerprint density at radius 1 is 1.35 bits per heavy atom. The molecule has 0 radical (unpaired) electrons. The topological polar surface area (TPSA) is 140 Å². The molecule has 6 N–H and O–H groups in total. The van der Waals surface area contributed by atoms with E-state index >= 15 is 0 Å². The molecule has 2 heterocycles. The number of fused-ring (bicyclic) bond motifs is 1. The second-order valence-corrected chi connectivity index (χ2v) is 5.01. The lowest BCUT2D eigenvalue weighted by atomic mass is 10.1. The van der Waals surface area contributed by atoms with E-state index in [2.05, 4.69) is 9.97 Å². The average Bonchev–Trinajstić information content (AvgIpc) is 2.94. The quantitative estimate of drug-likeness (QED) is 0.542. The number of imidazole rings is 1. The lowest BCUT2D eigenvalue weighted by Gasteiger charge is -2.18. The zero-order valence-electron chi connectivity index (χ0n) is 10.5. The number of aromatic nitrogens is 3. The summed E-state index contributed by atoms with van der Waals surface area (Å²) in [6.45, 7) is 0. The van der Waals surface area contributed by atoms with Gasteiger partial charge in [0, 0.05) is 6.20 Å². The van der Waals surface area contributed by atoms with Gasteiger partial charge in [0.15, 0.2) is 5.82 Å². The fraction of sp³-hybridized carbons (Fsp3) is 0.417. The van der Waals surface area contributed by atoms with Gasteiger partial charge in [0.25, 0.3) is 0 Å². The molecule has 2 aromatic rings. The van der Waals surface area contributed by atoms with Crippen LogP contribution in [0.25, 0.3) is 11.0 Å². The van der Waals surface area contributed by atoms with Gasteiger partial charge < -0.3 is 26.2 Å². The minimum atomic E-state index is -1.17. The molecule has 1 saturated carbocycles. The molecule has 0 bridgehead atoms. The second-order valence-electron chi connectivity index (χ2n) is 5.01. The Kier molecular flexibility index (Phi) is 2.84. The maximum atomic E-state index is 11.3. The van der Waals surface area contributed by atoms with Crippen LogP contribution in [-0.2, 0) is 4.79 Å². The number of rotatable bonds is 2. The minimum absolute atomic E-state index is 0.255. The van der Waals surface area contributed by atoms with E-state index < -0.39 is 30.1 Å². The van der Waals surface area contributed by atoms with Crippen LogP contribution >= 0.6 is 0 Å². The van der Waals surface area contributed by atoms with Crippen molar-refractivity contribution in [1.29, 1.82) is 0 Å². The summed E-state index contributed by atoms with van der Waals surface area (Å²) in [7, 11) is 0. The highest BCUT2D eigenvalue weighted by Gasteiger charge is 2.45. The molecule has 0 saturated heterocycles. The van der Waals surface area contributed by atoms with Gasteiger partial charge in [0.05, 0.1) is 29.9 Å². The molecule has 0 aliphatic heterocycles. The molecule has 8 heteroatoms. The Hall–Kier alpha value is -2.19. The number of primary amides is 1. The van der Waals surface area contributed by atoms with Gasteiger partial charge in [-0.1, -0.05) is 0 Å². The number of nitrogens with zero attached hydrogens (tertiary/aromatic N) is 3. The van der Waals surface area contributed by atoms with Crippen molar-refractivity contribution >= 4 is 22.8 Å². The maximum absolute atomic E-state index is 11.3. The number of aliphatic hydroxyl groups is 2. The van der Waals surface area contributed by atoms with Crippen molar-refractivity contribution in [3.05, 3.63) is 18.6 Å². The van der Waals surface area contributed by atoms with Crippen LogP contribution in [0.3, 0.4) is 0 Å². The Morgan fingerprint density at radius 2 is 2.10 bits per heavy atom. The van der Waals surface area contributed by atoms with Crippen molar-refractivity contribution in [3.8, 4) is 0 Å². The molecule has 106 valence electrons. The van der Waals surface area contributed by atoms with Gasteiger partial charge in [0.2, 0.25) is 5.91 Å². The number of amides is 1. The highest BCUT2D eigenvalue weighted by Crippen LogP contribution is 2.37. The van der Waals surface area contributed by atoms with E-state index in [0.29, 0.717) is 16.9 Å². The van der Waals surface area contributed by atoms with Gasteiger partial charge in [-0.3, -0.25) is 4.79 Å². The number of hydrogen-bond donors (Lipinski definition) is 4. The monoisotopic (exact) mass is 277 g/mol. The molecule has 3 rings (SSSR count). The van der Waals surface area contributed by atoms with Crippen LogP contribution in [0.4, 0.5) is 5.82 Å². The zero-order chi connectivity index (χ0) is 14.4. The summed E-state index contributed by atoms with van der Waals surface area (Å²) in [5.74, 6) is -1.10. The molecule has 1 aliphatic carbocycles. The van der Waals surface area contributed by atoms with Gasteiger partial charge in [-0.15, -0.1) is 0 Å². The minimum Gasteiger partial charge on any atom is -0.390 e. The maximum Gasteiger partial charge on any atom is 0.223 e. The Balaban J connectivity index is 2.04. The first-order valence-corrected chi connectivity index (χ1v) is 6.23. The number of nitrogens with two attached hydrogens (primary N) is 2. The molecule has 8 nitrogen and oxygen atoms in total. The summed E-state index contributed by atoms with van der Waals surface area (Å²) in [5.41, 5.74) is 12.2.